The molecule has 2 fully saturated rings. The van der Waals surface area contributed by atoms with E-state index in [0.29, 0.717) is 38.8 Å². The van der Waals surface area contributed by atoms with Crippen molar-refractivity contribution in [2.24, 2.45) is 17.8 Å². The molecule has 0 aliphatic carbocycles. The average molecular weight is 978 g/mol. The zero-order valence-corrected chi connectivity index (χ0v) is 45.4. The van der Waals surface area contributed by atoms with Gasteiger partial charge in [-0.3, -0.25) is 4.79 Å². The number of aliphatic hydroxyl groups is 4. The summed E-state index contributed by atoms with van der Waals surface area (Å²) in [5.41, 5.74) is -1.89. The number of hydrogen-bond acceptors (Lipinski definition) is 11. The third-order valence-corrected chi connectivity index (χ3v) is 20.8. The summed E-state index contributed by atoms with van der Waals surface area (Å²) in [7, 11) is 5.70. The number of esters is 1. The van der Waals surface area contributed by atoms with E-state index in [9.17, 15) is 25.2 Å². The zero-order valence-electron chi connectivity index (χ0n) is 44.4. The number of nitrogens with zero attached hydrogens (tertiary/aromatic N) is 3. The summed E-state index contributed by atoms with van der Waals surface area (Å²) in [6.45, 7) is 16.3. The molecule has 0 unspecified atom stereocenters. The van der Waals surface area contributed by atoms with Crippen molar-refractivity contribution in [2.45, 2.75) is 180 Å². The van der Waals surface area contributed by atoms with Crippen LogP contribution in [0.5, 0.6) is 0 Å². The third-order valence-electron chi connectivity index (χ3n) is 15.7. The van der Waals surface area contributed by atoms with Gasteiger partial charge in [-0.1, -0.05) is 20.8 Å². The average Bonchev–Trinajstić information content (AvgIpc) is 3.31. The second kappa shape index (κ2) is 25.6. The summed E-state index contributed by atoms with van der Waals surface area (Å²) in [4.78, 5) is 20.2. The zero-order chi connectivity index (χ0) is 50.7. The van der Waals surface area contributed by atoms with Gasteiger partial charge >= 0.3 is 250 Å². The van der Waals surface area contributed by atoms with Crippen LogP contribution < -0.4 is 20.8 Å². The molecular weight excluding hydrogens is 886 g/mol. The number of carbonyl (C=O) groups excluding carboxylic acids is 1. The number of benzene rings is 3. The molecule has 388 valence electrons. The number of cyclic esters (lactones) is 1. The van der Waals surface area contributed by atoms with Crippen molar-refractivity contribution in [3.63, 3.8) is 0 Å². The molecule has 2 heterocycles. The molecule has 69 heavy (non-hydrogen) atoms. The second-order valence-electron chi connectivity index (χ2n) is 22.1. The minimum atomic E-state index is -2.34. The van der Waals surface area contributed by atoms with E-state index in [2.05, 4.69) is 116 Å². The molecule has 3 aromatic carbocycles. The number of ether oxygens (including phenoxy) is 3. The molecule has 0 spiro atoms. The quantitative estimate of drug-likeness (QED) is 0.0609. The minimum absolute atomic E-state index is 0.0521. The molecular formula is C57H92N3O8P. The predicted molar refractivity (Wildman–Crippen MR) is 286 cm³/mol. The van der Waals surface area contributed by atoms with Gasteiger partial charge in [0.2, 0.25) is 0 Å². The SMILES string of the molecule is CC[C@H]1OC(=O)[C@H](C)C[C@H](C)[C@@H](O[C@@H]2O[C@H](C)C[C@H](N(C)C)[C@H]2O)[C@](C)(O)C[C@@H](C)CN(CCCCCCCC[PH](c2ccccc2)(c2ccccc2)c2ccc(N(C)C)cc2)[C@H](C)[C@@H](O)[C@]1(C)O. The molecule has 13 atom stereocenters. The first kappa shape index (κ1) is 56.9. The fraction of sp³-hybridized carbons (Fsp3) is 0.667. The summed E-state index contributed by atoms with van der Waals surface area (Å²) in [5.74, 6) is -1.46. The Hall–Kier alpha value is -2.96. The van der Waals surface area contributed by atoms with Crippen LogP contribution in [0.15, 0.2) is 84.9 Å². The van der Waals surface area contributed by atoms with Gasteiger partial charge in [-0.05, 0) is 60.0 Å². The molecule has 0 radical (unpaired) electrons. The van der Waals surface area contributed by atoms with Crippen molar-refractivity contribution in [3.8, 4) is 0 Å². The smallest absolute Gasteiger partial charge is 0.384 e. The minimum Gasteiger partial charge on any atom is -0.384 e. The van der Waals surface area contributed by atoms with E-state index in [0.717, 1.165) is 44.7 Å². The van der Waals surface area contributed by atoms with Crippen LogP contribution in [0.1, 0.15) is 120 Å². The maximum absolute atomic E-state index is 13.8. The Kier molecular flexibility index (Phi) is 21.1. The summed E-state index contributed by atoms with van der Waals surface area (Å²) in [5, 5.41) is 52.4. The van der Waals surface area contributed by atoms with Crippen molar-refractivity contribution in [1.82, 2.24) is 9.80 Å². The number of hydrogen-bond donors (Lipinski definition) is 4. The van der Waals surface area contributed by atoms with E-state index >= 15 is 0 Å². The normalized spacial score (nSPS) is 32.8. The van der Waals surface area contributed by atoms with E-state index < -0.39 is 67.1 Å². The van der Waals surface area contributed by atoms with E-state index in [1.54, 1.807) is 20.8 Å². The van der Waals surface area contributed by atoms with Gasteiger partial charge in [0.15, 0.2) is 6.29 Å². The molecule has 0 saturated carbocycles. The van der Waals surface area contributed by atoms with Gasteiger partial charge in [0.1, 0.15) is 12.2 Å². The Morgan fingerprint density at radius 1 is 0.768 bits per heavy atom. The number of likely N-dealkylation sites (N-methyl/N-ethyl adjacent to an activating group) is 1. The Balaban J connectivity index is 1.31. The third kappa shape index (κ3) is 14.4. The van der Waals surface area contributed by atoms with Crippen LogP contribution in [0, 0.1) is 17.8 Å². The van der Waals surface area contributed by atoms with Gasteiger partial charge in [0.05, 0.1) is 23.7 Å². The fourth-order valence-electron chi connectivity index (χ4n) is 11.8. The summed E-state index contributed by atoms with van der Waals surface area (Å²) < 4.78 is 19.0. The monoisotopic (exact) mass is 978 g/mol. The molecule has 0 amide bonds. The van der Waals surface area contributed by atoms with Crippen LogP contribution in [-0.4, -0.2) is 144 Å². The van der Waals surface area contributed by atoms with E-state index in [1.165, 1.54) is 21.6 Å². The summed E-state index contributed by atoms with van der Waals surface area (Å²) in [6.07, 6.45) is 4.16. The van der Waals surface area contributed by atoms with Gasteiger partial charge < -0.3 is 34.4 Å². The second-order valence-corrected chi connectivity index (χ2v) is 26.1. The van der Waals surface area contributed by atoms with E-state index in [-0.39, 0.29) is 24.0 Å². The van der Waals surface area contributed by atoms with Crippen molar-refractivity contribution in [1.29, 1.82) is 0 Å². The number of rotatable bonds is 17. The van der Waals surface area contributed by atoms with Crippen LogP contribution in [0.2, 0.25) is 0 Å². The molecule has 2 aliphatic rings. The van der Waals surface area contributed by atoms with E-state index in [4.69, 9.17) is 14.2 Å². The fourth-order valence-corrected chi connectivity index (χ4v) is 16.7. The number of aliphatic hydroxyl groups excluding tert-OH is 2. The number of unbranched alkanes of at least 4 members (excludes halogenated alkanes) is 5. The van der Waals surface area contributed by atoms with Crippen LogP contribution in [0.25, 0.3) is 0 Å². The molecule has 3 aromatic rings. The summed E-state index contributed by atoms with van der Waals surface area (Å²) in [6, 6.07) is 30.9. The van der Waals surface area contributed by atoms with Crippen molar-refractivity contribution >= 4 is 34.8 Å². The van der Waals surface area contributed by atoms with Crippen LogP contribution in [-0.2, 0) is 19.0 Å². The maximum atomic E-state index is 13.8. The Bertz CT molecular complexity index is 1930. The Labute approximate surface area is 417 Å². The first-order chi connectivity index (χ1) is 32.6. The Morgan fingerprint density at radius 3 is 1.87 bits per heavy atom. The molecule has 11 nitrogen and oxygen atoms in total. The standard InChI is InChI=1S/C57H92N3O8P/c1-13-50-57(8,65)52(62)44(6)60(39-40(2)38-56(7,64)53(41(3)36-42(4)54(63)67-50)68-55-51(61)49(59(11)12)37-43(5)66-55)34-24-16-14-15-17-25-35-69(46-26-20-18-21-27-46,47-28-22-19-23-29-47)48-32-30-45(31-33-48)58(9)10/h18-23,26-33,40-44,49-53,55,61-62,64-65,69H,13-17,24-25,34-39H2,1-12H3/t40-,41+,42-,43-,44-,49+,50-,51-,52-,53-,55+,56-,57-/m1/s1. The van der Waals surface area contributed by atoms with Gasteiger partial charge in [-0.15, -0.1) is 0 Å². The molecule has 0 aromatic heterocycles. The van der Waals surface area contributed by atoms with Crippen molar-refractivity contribution < 1.29 is 39.4 Å². The molecule has 2 aliphatic heterocycles. The van der Waals surface area contributed by atoms with Crippen molar-refractivity contribution in [2.75, 3.05) is 52.3 Å². The Morgan fingerprint density at radius 2 is 1.32 bits per heavy atom. The van der Waals surface area contributed by atoms with E-state index in [1.807, 2.05) is 46.7 Å². The summed E-state index contributed by atoms with van der Waals surface area (Å²) >= 11 is 0. The molecule has 5 rings (SSSR count). The topological polar surface area (TPSA) is 135 Å². The number of anilines is 1. The first-order valence-corrected chi connectivity index (χ1v) is 28.5. The van der Waals surface area contributed by atoms with Gasteiger partial charge in [0.25, 0.3) is 0 Å². The molecule has 2 saturated heterocycles. The molecule has 0 bridgehead atoms. The van der Waals surface area contributed by atoms with Crippen LogP contribution in [0.4, 0.5) is 5.69 Å². The van der Waals surface area contributed by atoms with Crippen LogP contribution in [0.3, 0.4) is 0 Å². The van der Waals surface area contributed by atoms with Gasteiger partial charge in [0, 0.05) is 6.04 Å². The van der Waals surface area contributed by atoms with Gasteiger partial charge in [-0.25, -0.2) is 0 Å². The molecule has 4 N–H and O–H groups in total. The van der Waals surface area contributed by atoms with Gasteiger partial charge in [-0.2, -0.15) is 0 Å². The first-order valence-electron chi connectivity index (χ1n) is 26.3. The predicted octanol–water partition coefficient (Wildman–Crippen LogP) is 7.51. The number of carbonyl (C=O) groups is 1. The van der Waals surface area contributed by atoms with Crippen molar-refractivity contribution in [3.05, 3.63) is 84.9 Å². The van der Waals surface area contributed by atoms with Crippen LogP contribution >= 0.6 is 7.26 Å². The molecule has 12 heteroatoms.